The van der Waals surface area contributed by atoms with Crippen LogP contribution in [0, 0.1) is 6.92 Å². The van der Waals surface area contributed by atoms with Gasteiger partial charge >= 0.3 is 0 Å². The Morgan fingerprint density at radius 1 is 1.44 bits per heavy atom. The summed E-state index contributed by atoms with van der Waals surface area (Å²) >= 11 is 3.63. The first-order valence-corrected chi connectivity index (χ1v) is 7.13. The molecule has 0 saturated heterocycles. The molecule has 0 atom stereocenters. The summed E-state index contributed by atoms with van der Waals surface area (Å²) < 4.78 is 5.24. The number of hydrogen-bond donors (Lipinski definition) is 1. The Morgan fingerprint density at radius 3 is 3.06 bits per heavy atom. The van der Waals surface area contributed by atoms with E-state index in [2.05, 4.69) is 22.8 Å². The third-order valence-corrected chi connectivity index (χ3v) is 4.25. The van der Waals surface area contributed by atoms with Gasteiger partial charge in [-0.2, -0.15) is 0 Å². The summed E-state index contributed by atoms with van der Waals surface area (Å²) in [6.45, 7) is 4.00. The van der Waals surface area contributed by atoms with E-state index < -0.39 is 0 Å². The van der Waals surface area contributed by atoms with Crippen LogP contribution in [-0.2, 0) is 6.54 Å². The zero-order valence-electron chi connectivity index (χ0n) is 9.23. The van der Waals surface area contributed by atoms with Crippen molar-refractivity contribution in [2.24, 2.45) is 0 Å². The van der Waals surface area contributed by atoms with Gasteiger partial charge in [-0.25, -0.2) is 0 Å². The van der Waals surface area contributed by atoms with E-state index in [1.54, 1.807) is 17.6 Å². The van der Waals surface area contributed by atoms with Crippen molar-refractivity contribution in [1.82, 2.24) is 5.32 Å². The van der Waals surface area contributed by atoms with Gasteiger partial charge in [0, 0.05) is 28.6 Å². The number of thioether (sulfide) groups is 1. The summed E-state index contributed by atoms with van der Waals surface area (Å²) in [5.74, 6) is 2.09. The van der Waals surface area contributed by atoms with Gasteiger partial charge in [-0.3, -0.25) is 0 Å². The van der Waals surface area contributed by atoms with Crippen molar-refractivity contribution in [3.8, 4) is 0 Å². The third-order valence-electron chi connectivity index (χ3n) is 2.23. The lowest BCUT2D eigenvalue weighted by atomic mass is 10.4. The third kappa shape index (κ3) is 3.40. The Labute approximate surface area is 104 Å². The monoisotopic (exact) mass is 253 g/mol. The fourth-order valence-corrected chi connectivity index (χ4v) is 2.92. The number of furan rings is 1. The average Bonchev–Trinajstić information content (AvgIpc) is 2.90. The van der Waals surface area contributed by atoms with Crippen LogP contribution in [0.3, 0.4) is 0 Å². The highest BCUT2D eigenvalue weighted by Crippen LogP contribution is 2.22. The lowest BCUT2D eigenvalue weighted by molar-refractivity contribution is 0.527. The molecule has 0 bridgehead atoms. The molecule has 0 unspecified atom stereocenters. The van der Waals surface area contributed by atoms with Crippen LogP contribution in [0.1, 0.15) is 10.6 Å². The fraction of sp³-hybridized carbons (Fsp3) is 0.333. The predicted octanol–water partition coefficient (Wildman–Crippen LogP) is 3.53. The van der Waals surface area contributed by atoms with E-state index in [1.807, 2.05) is 24.8 Å². The minimum Gasteiger partial charge on any atom is -0.468 e. The molecule has 16 heavy (non-hydrogen) atoms. The average molecular weight is 253 g/mol. The molecule has 0 aliphatic carbocycles. The molecule has 2 aromatic heterocycles. The zero-order valence-corrected chi connectivity index (χ0v) is 10.9. The minimum atomic E-state index is 0.975. The molecule has 0 saturated carbocycles. The van der Waals surface area contributed by atoms with Crippen LogP contribution >= 0.6 is 23.1 Å². The second-order valence-electron chi connectivity index (χ2n) is 3.45. The van der Waals surface area contributed by atoms with Crippen molar-refractivity contribution >= 4 is 23.1 Å². The van der Waals surface area contributed by atoms with Crippen LogP contribution < -0.4 is 5.32 Å². The first kappa shape index (κ1) is 11.8. The van der Waals surface area contributed by atoms with Crippen molar-refractivity contribution in [2.75, 3.05) is 12.3 Å². The van der Waals surface area contributed by atoms with Gasteiger partial charge in [-0.1, -0.05) is 6.07 Å². The largest absolute Gasteiger partial charge is 0.468 e. The lowest BCUT2D eigenvalue weighted by Crippen LogP contribution is -2.15. The summed E-state index contributed by atoms with van der Waals surface area (Å²) in [5.41, 5.74) is 0. The van der Waals surface area contributed by atoms with E-state index in [0.29, 0.717) is 0 Å². The quantitative estimate of drug-likeness (QED) is 0.630. The number of hydrogen-bond acceptors (Lipinski definition) is 4. The Hall–Kier alpha value is -0.710. The fourth-order valence-electron chi connectivity index (χ4n) is 1.38. The number of aryl methyl sites for hydroxylation is 1. The van der Waals surface area contributed by atoms with E-state index in [4.69, 9.17) is 4.42 Å². The van der Waals surface area contributed by atoms with Gasteiger partial charge < -0.3 is 9.73 Å². The van der Waals surface area contributed by atoms with Crippen LogP contribution in [0.4, 0.5) is 0 Å². The van der Waals surface area contributed by atoms with E-state index in [1.165, 1.54) is 9.77 Å². The number of nitrogens with one attached hydrogen (secondary N) is 1. The van der Waals surface area contributed by atoms with Crippen molar-refractivity contribution in [3.63, 3.8) is 0 Å². The van der Waals surface area contributed by atoms with Crippen molar-refractivity contribution in [3.05, 3.63) is 40.5 Å². The van der Waals surface area contributed by atoms with Crippen molar-refractivity contribution in [1.29, 1.82) is 0 Å². The van der Waals surface area contributed by atoms with Crippen molar-refractivity contribution < 1.29 is 4.42 Å². The molecule has 86 valence electrons. The molecule has 2 rings (SSSR count). The molecular formula is C12H15NOS2. The molecule has 0 radical (unpaired) electrons. The zero-order chi connectivity index (χ0) is 11.2. The topological polar surface area (TPSA) is 25.2 Å². The summed E-state index contributed by atoms with van der Waals surface area (Å²) in [7, 11) is 0. The van der Waals surface area contributed by atoms with Gasteiger partial charge in [0.1, 0.15) is 5.76 Å². The van der Waals surface area contributed by atoms with Gasteiger partial charge in [0.25, 0.3) is 0 Å². The Bertz CT molecular complexity index is 408. The van der Waals surface area contributed by atoms with E-state index in [-0.39, 0.29) is 0 Å². The van der Waals surface area contributed by atoms with Crippen LogP contribution in [0.15, 0.2) is 39.2 Å². The van der Waals surface area contributed by atoms with Crippen LogP contribution in [-0.4, -0.2) is 12.3 Å². The van der Waals surface area contributed by atoms with Crippen LogP contribution in [0.25, 0.3) is 0 Å². The van der Waals surface area contributed by atoms with Gasteiger partial charge in [-0.05, 0) is 24.4 Å². The number of thiophene rings is 1. The highest BCUT2D eigenvalue weighted by atomic mass is 32.2. The maximum atomic E-state index is 5.24. The second-order valence-corrected chi connectivity index (χ2v) is 5.61. The minimum absolute atomic E-state index is 0.975. The molecule has 2 aromatic rings. The van der Waals surface area contributed by atoms with Crippen LogP contribution in [0.2, 0.25) is 0 Å². The smallest absolute Gasteiger partial charge is 0.114 e. The maximum Gasteiger partial charge on any atom is 0.114 e. The first-order chi connectivity index (χ1) is 7.86. The Kier molecular flexibility index (Phi) is 4.51. The normalized spacial score (nSPS) is 10.8. The summed E-state index contributed by atoms with van der Waals surface area (Å²) in [5, 5.41) is 5.54. The van der Waals surface area contributed by atoms with Gasteiger partial charge in [0.15, 0.2) is 0 Å². The highest BCUT2D eigenvalue weighted by Gasteiger charge is 2.00. The molecule has 0 aliphatic heterocycles. The first-order valence-electron chi connectivity index (χ1n) is 5.26. The summed E-state index contributed by atoms with van der Waals surface area (Å²) in [4.78, 5) is 2.64. The number of rotatable bonds is 6. The van der Waals surface area contributed by atoms with Crippen molar-refractivity contribution in [2.45, 2.75) is 18.4 Å². The lowest BCUT2D eigenvalue weighted by Gasteiger charge is -2.02. The molecule has 4 heteroatoms. The standard InChI is InChI=1S/C12H15NOS2/c1-10-12(4-6-14-10)16-8-5-13-9-11-3-2-7-15-11/h2-4,6-7,13H,5,8-9H2,1H3. The summed E-state index contributed by atoms with van der Waals surface area (Å²) in [6, 6.07) is 6.27. The maximum absolute atomic E-state index is 5.24. The van der Waals surface area contributed by atoms with Gasteiger partial charge in [-0.15, -0.1) is 23.1 Å². The van der Waals surface area contributed by atoms with E-state index in [9.17, 15) is 0 Å². The molecule has 0 aromatic carbocycles. The highest BCUT2D eigenvalue weighted by molar-refractivity contribution is 7.99. The molecule has 2 nitrogen and oxygen atoms in total. The SMILES string of the molecule is Cc1occc1SCCNCc1cccs1. The Morgan fingerprint density at radius 2 is 2.38 bits per heavy atom. The Balaban J connectivity index is 1.61. The molecule has 0 spiro atoms. The molecule has 0 aliphatic rings. The van der Waals surface area contributed by atoms with E-state index >= 15 is 0 Å². The van der Waals surface area contributed by atoms with E-state index in [0.717, 1.165) is 24.6 Å². The molecule has 0 fully saturated rings. The van der Waals surface area contributed by atoms with Gasteiger partial charge in [0.05, 0.1) is 6.26 Å². The van der Waals surface area contributed by atoms with Crippen LogP contribution in [0.5, 0.6) is 0 Å². The summed E-state index contributed by atoms with van der Waals surface area (Å²) in [6.07, 6.45) is 1.75. The molecule has 1 N–H and O–H groups in total. The van der Waals surface area contributed by atoms with Gasteiger partial charge in [0.2, 0.25) is 0 Å². The predicted molar refractivity (Wildman–Crippen MR) is 70.2 cm³/mol. The molecule has 2 heterocycles. The molecular weight excluding hydrogens is 238 g/mol. The molecule has 0 amide bonds. The second kappa shape index (κ2) is 6.13.